The SMILES string of the molecule is CC(C)Oc1ccccc1-c1ccc(C(=O)O)nc1. The molecule has 1 N–H and O–H groups in total. The number of para-hydroxylation sites is 1. The van der Waals surface area contributed by atoms with Gasteiger partial charge >= 0.3 is 5.97 Å². The summed E-state index contributed by atoms with van der Waals surface area (Å²) in [4.78, 5) is 14.7. The minimum Gasteiger partial charge on any atom is -0.490 e. The van der Waals surface area contributed by atoms with Gasteiger partial charge in [-0.15, -0.1) is 0 Å². The minimum absolute atomic E-state index is 0.0333. The van der Waals surface area contributed by atoms with Crippen molar-refractivity contribution in [1.82, 2.24) is 4.98 Å². The van der Waals surface area contributed by atoms with Gasteiger partial charge in [-0.1, -0.05) is 24.3 Å². The van der Waals surface area contributed by atoms with Crippen molar-refractivity contribution in [3.05, 3.63) is 48.3 Å². The third-order valence-electron chi connectivity index (χ3n) is 2.54. The van der Waals surface area contributed by atoms with Gasteiger partial charge in [0.25, 0.3) is 0 Å². The zero-order chi connectivity index (χ0) is 13.8. The lowest BCUT2D eigenvalue weighted by molar-refractivity contribution is 0.0690. The number of hydrogen-bond donors (Lipinski definition) is 1. The van der Waals surface area contributed by atoms with Gasteiger partial charge in [0, 0.05) is 17.3 Å². The van der Waals surface area contributed by atoms with Crippen molar-refractivity contribution in [3.8, 4) is 16.9 Å². The highest BCUT2D eigenvalue weighted by Crippen LogP contribution is 2.30. The highest BCUT2D eigenvalue weighted by atomic mass is 16.5. The van der Waals surface area contributed by atoms with Crippen LogP contribution in [-0.2, 0) is 0 Å². The van der Waals surface area contributed by atoms with E-state index in [1.54, 1.807) is 12.3 Å². The van der Waals surface area contributed by atoms with E-state index in [9.17, 15) is 4.79 Å². The van der Waals surface area contributed by atoms with Crippen LogP contribution in [0.3, 0.4) is 0 Å². The second kappa shape index (κ2) is 5.52. The molecule has 0 bridgehead atoms. The number of aromatic nitrogens is 1. The zero-order valence-electron chi connectivity index (χ0n) is 10.8. The average molecular weight is 257 g/mol. The monoisotopic (exact) mass is 257 g/mol. The van der Waals surface area contributed by atoms with Gasteiger partial charge in [0.2, 0.25) is 0 Å². The van der Waals surface area contributed by atoms with Crippen LogP contribution >= 0.6 is 0 Å². The van der Waals surface area contributed by atoms with Crippen LogP contribution in [0.4, 0.5) is 0 Å². The molecule has 0 fully saturated rings. The predicted molar refractivity (Wildman–Crippen MR) is 72.4 cm³/mol. The van der Waals surface area contributed by atoms with Crippen LogP contribution in [0.2, 0.25) is 0 Å². The second-order valence-corrected chi connectivity index (χ2v) is 4.40. The number of hydrogen-bond acceptors (Lipinski definition) is 3. The molecule has 4 nitrogen and oxygen atoms in total. The third kappa shape index (κ3) is 3.10. The van der Waals surface area contributed by atoms with E-state index in [0.29, 0.717) is 0 Å². The fraction of sp³-hybridized carbons (Fsp3) is 0.200. The molecule has 2 rings (SSSR count). The lowest BCUT2D eigenvalue weighted by atomic mass is 10.1. The number of carboxylic acids is 1. The van der Waals surface area contributed by atoms with Crippen LogP contribution < -0.4 is 4.74 Å². The zero-order valence-corrected chi connectivity index (χ0v) is 10.8. The van der Waals surface area contributed by atoms with Crippen LogP contribution in [0.5, 0.6) is 5.75 Å². The van der Waals surface area contributed by atoms with E-state index in [2.05, 4.69) is 4.98 Å². The summed E-state index contributed by atoms with van der Waals surface area (Å²) in [5.74, 6) is -0.263. The molecule has 0 saturated carbocycles. The van der Waals surface area contributed by atoms with E-state index >= 15 is 0 Å². The van der Waals surface area contributed by atoms with Gasteiger partial charge in [0.05, 0.1) is 6.10 Å². The number of ether oxygens (including phenoxy) is 1. The Morgan fingerprint density at radius 3 is 2.53 bits per heavy atom. The van der Waals surface area contributed by atoms with Gasteiger partial charge in [-0.2, -0.15) is 0 Å². The van der Waals surface area contributed by atoms with E-state index in [-0.39, 0.29) is 11.8 Å². The summed E-state index contributed by atoms with van der Waals surface area (Å²) < 4.78 is 5.73. The summed E-state index contributed by atoms with van der Waals surface area (Å²) in [5, 5.41) is 8.83. The Morgan fingerprint density at radius 1 is 1.21 bits per heavy atom. The quantitative estimate of drug-likeness (QED) is 0.913. The van der Waals surface area contributed by atoms with Crippen molar-refractivity contribution in [2.45, 2.75) is 20.0 Å². The second-order valence-electron chi connectivity index (χ2n) is 4.40. The first kappa shape index (κ1) is 13.1. The van der Waals surface area contributed by atoms with E-state index < -0.39 is 5.97 Å². The fourth-order valence-corrected chi connectivity index (χ4v) is 1.74. The smallest absolute Gasteiger partial charge is 0.354 e. The number of rotatable bonds is 4. The van der Waals surface area contributed by atoms with E-state index in [1.165, 1.54) is 6.07 Å². The van der Waals surface area contributed by atoms with Gasteiger partial charge in [-0.05, 0) is 26.0 Å². The average Bonchev–Trinajstić information content (AvgIpc) is 2.39. The van der Waals surface area contributed by atoms with E-state index in [1.807, 2.05) is 38.1 Å². The number of nitrogens with zero attached hydrogens (tertiary/aromatic N) is 1. The molecule has 0 radical (unpaired) electrons. The predicted octanol–water partition coefficient (Wildman–Crippen LogP) is 3.23. The lowest BCUT2D eigenvalue weighted by Gasteiger charge is -2.14. The first-order chi connectivity index (χ1) is 9.08. The number of carboxylic acid groups (broad SMARTS) is 1. The molecular formula is C15H15NO3. The molecule has 4 heteroatoms. The maximum absolute atomic E-state index is 10.8. The van der Waals surface area contributed by atoms with E-state index in [4.69, 9.17) is 9.84 Å². The van der Waals surface area contributed by atoms with Gasteiger partial charge in [-0.25, -0.2) is 9.78 Å². The van der Waals surface area contributed by atoms with Crippen molar-refractivity contribution >= 4 is 5.97 Å². The van der Waals surface area contributed by atoms with Crippen LogP contribution in [0, 0.1) is 0 Å². The summed E-state index contributed by atoms with van der Waals surface area (Å²) in [5.41, 5.74) is 1.77. The Balaban J connectivity index is 2.38. The summed E-state index contributed by atoms with van der Waals surface area (Å²) in [6.45, 7) is 3.92. The number of aromatic carboxylic acids is 1. The Kier molecular flexibility index (Phi) is 3.80. The normalized spacial score (nSPS) is 10.5. The summed E-state index contributed by atoms with van der Waals surface area (Å²) in [6, 6.07) is 10.9. The molecule has 1 aromatic carbocycles. The molecule has 2 aromatic rings. The van der Waals surface area contributed by atoms with Gasteiger partial charge in [0.15, 0.2) is 0 Å². The Morgan fingerprint density at radius 2 is 1.95 bits per heavy atom. The number of benzene rings is 1. The molecule has 0 atom stereocenters. The van der Waals surface area contributed by atoms with Crippen molar-refractivity contribution in [2.75, 3.05) is 0 Å². The minimum atomic E-state index is -1.03. The largest absolute Gasteiger partial charge is 0.490 e. The molecule has 1 heterocycles. The maximum Gasteiger partial charge on any atom is 0.354 e. The summed E-state index contributed by atoms with van der Waals surface area (Å²) >= 11 is 0. The lowest BCUT2D eigenvalue weighted by Crippen LogP contribution is -2.06. The molecule has 0 aliphatic carbocycles. The first-order valence-electron chi connectivity index (χ1n) is 6.03. The molecule has 19 heavy (non-hydrogen) atoms. The van der Waals surface area contributed by atoms with Gasteiger partial charge < -0.3 is 9.84 Å². The van der Waals surface area contributed by atoms with Crippen molar-refractivity contribution in [2.24, 2.45) is 0 Å². The van der Waals surface area contributed by atoms with Crippen LogP contribution in [0.15, 0.2) is 42.6 Å². The molecule has 0 aliphatic heterocycles. The van der Waals surface area contributed by atoms with E-state index in [0.717, 1.165) is 16.9 Å². The molecule has 0 saturated heterocycles. The summed E-state index contributed by atoms with van der Waals surface area (Å²) in [7, 11) is 0. The third-order valence-corrected chi connectivity index (χ3v) is 2.54. The molecular weight excluding hydrogens is 242 g/mol. The Labute approximate surface area is 111 Å². The Hall–Kier alpha value is -2.36. The topological polar surface area (TPSA) is 59.4 Å². The summed E-state index contributed by atoms with van der Waals surface area (Å²) in [6.07, 6.45) is 1.62. The molecule has 0 spiro atoms. The van der Waals surface area contributed by atoms with Gasteiger partial charge in [0.1, 0.15) is 11.4 Å². The van der Waals surface area contributed by atoms with Gasteiger partial charge in [-0.3, -0.25) is 0 Å². The Bertz CT molecular complexity index is 576. The number of pyridine rings is 1. The first-order valence-corrected chi connectivity index (χ1v) is 6.03. The molecule has 0 unspecified atom stereocenters. The fourth-order valence-electron chi connectivity index (χ4n) is 1.74. The molecule has 1 aromatic heterocycles. The van der Waals surface area contributed by atoms with Crippen molar-refractivity contribution in [1.29, 1.82) is 0 Å². The maximum atomic E-state index is 10.8. The highest BCUT2D eigenvalue weighted by molar-refractivity contribution is 5.86. The highest BCUT2D eigenvalue weighted by Gasteiger charge is 2.09. The number of carbonyl (C=O) groups is 1. The van der Waals surface area contributed by atoms with Crippen molar-refractivity contribution < 1.29 is 14.6 Å². The van der Waals surface area contributed by atoms with Crippen LogP contribution in [0.1, 0.15) is 24.3 Å². The van der Waals surface area contributed by atoms with Crippen LogP contribution in [0.25, 0.3) is 11.1 Å². The standard InChI is InChI=1S/C15H15NO3/c1-10(2)19-14-6-4-3-5-12(14)11-7-8-13(15(17)18)16-9-11/h3-10H,1-2H3,(H,17,18). The van der Waals surface area contributed by atoms with Crippen molar-refractivity contribution in [3.63, 3.8) is 0 Å². The van der Waals surface area contributed by atoms with Crippen LogP contribution in [-0.4, -0.2) is 22.2 Å². The molecule has 98 valence electrons. The molecule has 0 amide bonds. The molecule has 0 aliphatic rings.